The zero-order chi connectivity index (χ0) is 12.6. The van der Waals surface area contributed by atoms with Gasteiger partial charge in [-0.1, -0.05) is 39.5 Å². The molecule has 0 rings (SSSR count). The van der Waals surface area contributed by atoms with Gasteiger partial charge in [-0.2, -0.15) is 0 Å². The van der Waals surface area contributed by atoms with Crippen LogP contribution in [-0.2, 0) is 9.53 Å². The first kappa shape index (κ1) is 17.8. The summed E-state index contributed by atoms with van der Waals surface area (Å²) >= 11 is 0. The average molecular weight is 232 g/mol. The maximum atomic E-state index is 10.6. The van der Waals surface area contributed by atoms with E-state index in [1.54, 1.807) is 0 Å². The van der Waals surface area contributed by atoms with E-state index in [1.165, 1.54) is 19.3 Å². The lowest BCUT2D eigenvalue weighted by Gasteiger charge is -1.97. The van der Waals surface area contributed by atoms with Crippen molar-refractivity contribution in [3.8, 4) is 0 Å². The molecule has 0 saturated carbocycles. The Balaban J connectivity index is 0. The molecule has 16 heavy (non-hydrogen) atoms. The van der Waals surface area contributed by atoms with Gasteiger partial charge in [0.05, 0.1) is 6.61 Å². The van der Waals surface area contributed by atoms with Crippen molar-refractivity contribution in [2.75, 3.05) is 13.2 Å². The molecule has 0 atom stereocenters. The van der Waals surface area contributed by atoms with Crippen LogP contribution in [-0.4, -0.2) is 24.3 Å². The molecule has 0 unspecified atom stereocenters. The highest BCUT2D eigenvalue weighted by molar-refractivity contribution is 5.69. The Morgan fingerprint density at radius 3 is 2.06 bits per heavy atom. The molecule has 0 aromatic rings. The van der Waals surface area contributed by atoms with Gasteiger partial charge in [-0.3, -0.25) is 4.79 Å². The fourth-order valence-electron chi connectivity index (χ4n) is 1.09. The van der Waals surface area contributed by atoms with E-state index in [4.69, 9.17) is 9.84 Å². The number of carbonyl (C=O) groups excluding carboxylic acids is 1. The fourth-order valence-corrected chi connectivity index (χ4v) is 1.09. The highest BCUT2D eigenvalue weighted by Gasteiger charge is 1.97. The first-order chi connectivity index (χ1) is 7.72. The number of hydrogen-bond acceptors (Lipinski definition) is 3. The molecule has 0 bridgehead atoms. The number of unbranched alkanes of at least 4 members (excludes halogenated alkanes) is 4. The van der Waals surface area contributed by atoms with Crippen molar-refractivity contribution in [2.24, 2.45) is 0 Å². The summed E-state index contributed by atoms with van der Waals surface area (Å²) in [4.78, 5) is 10.6. The third kappa shape index (κ3) is 19.1. The minimum atomic E-state index is -0.0700. The van der Waals surface area contributed by atoms with Crippen molar-refractivity contribution in [2.45, 2.75) is 65.7 Å². The summed E-state index contributed by atoms with van der Waals surface area (Å²) in [7, 11) is 0. The standard InChI is InChI=1S/C7H14O2.C6H14O/c1-3-5-6-7(8)9-4-2;1-2-3-4-5-6-7/h3-6H2,1-2H3;7H,2-6H2,1H3. The van der Waals surface area contributed by atoms with Crippen LogP contribution in [0, 0.1) is 0 Å². The van der Waals surface area contributed by atoms with E-state index in [0.717, 1.165) is 19.3 Å². The Labute approximate surface area is 100 Å². The maximum absolute atomic E-state index is 10.6. The Kier molecular flexibility index (Phi) is 18.8. The summed E-state index contributed by atoms with van der Waals surface area (Å²) < 4.78 is 4.70. The lowest BCUT2D eigenvalue weighted by atomic mass is 10.2. The zero-order valence-electron chi connectivity index (χ0n) is 11.1. The predicted molar refractivity (Wildman–Crippen MR) is 67.4 cm³/mol. The molecule has 0 radical (unpaired) electrons. The molecule has 0 spiro atoms. The third-order valence-corrected chi connectivity index (χ3v) is 2.05. The maximum Gasteiger partial charge on any atom is 0.305 e. The van der Waals surface area contributed by atoms with Gasteiger partial charge < -0.3 is 9.84 Å². The van der Waals surface area contributed by atoms with E-state index >= 15 is 0 Å². The lowest BCUT2D eigenvalue weighted by molar-refractivity contribution is -0.143. The van der Waals surface area contributed by atoms with Gasteiger partial charge in [0, 0.05) is 13.0 Å². The van der Waals surface area contributed by atoms with Gasteiger partial charge >= 0.3 is 5.97 Å². The van der Waals surface area contributed by atoms with E-state index in [2.05, 4.69) is 13.8 Å². The molecule has 0 saturated heterocycles. The summed E-state index contributed by atoms with van der Waals surface area (Å²) in [6.45, 7) is 6.91. The van der Waals surface area contributed by atoms with E-state index < -0.39 is 0 Å². The molecule has 1 N–H and O–H groups in total. The van der Waals surface area contributed by atoms with Gasteiger partial charge in [0.15, 0.2) is 0 Å². The molecule has 0 aliphatic carbocycles. The van der Waals surface area contributed by atoms with Crippen LogP contribution >= 0.6 is 0 Å². The van der Waals surface area contributed by atoms with Crippen LogP contribution in [0.3, 0.4) is 0 Å². The molecule has 3 nitrogen and oxygen atoms in total. The number of hydrogen-bond donors (Lipinski definition) is 1. The number of aliphatic hydroxyl groups is 1. The number of carbonyl (C=O) groups is 1. The first-order valence-electron chi connectivity index (χ1n) is 6.49. The van der Waals surface area contributed by atoms with Crippen LogP contribution in [0.15, 0.2) is 0 Å². The molecule has 0 heterocycles. The van der Waals surface area contributed by atoms with Crippen molar-refractivity contribution in [3.63, 3.8) is 0 Å². The molecule has 3 heteroatoms. The SMILES string of the molecule is CCCCC(=O)OCC.CCCCCCO. The minimum Gasteiger partial charge on any atom is -0.466 e. The molecule has 0 aliphatic heterocycles. The van der Waals surface area contributed by atoms with Crippen molar-refractivity contribution in [3.05, 3.63) is 0 Å². The molecule has 98 valence electrons. The van der Waals surface area contributed by atoms with E-state index in [-0.39, 0.29) is 5.97 Å². The minimum absolute atomic E-state index is 0.0700. The van der Waals surface area contributed by atoms with Gasteiger partial charge in [0.25, 0.3) is 0 Å². The molecule has 0 aromatic heterocycles. The molecule has 0 aromatic carbocycles. The van der Waals surface area contributed by atoms with Crippen LogP contribution < -0.4 is 0 Å². The fraction of sp³-hybridized carbons (Fsp3) is 0.923. The summed E-state index contributed by atoms with van der Waals surface area (Å²) in [6, 6.07) is 0. The topological polar surface area (TPSA) is 46.5 Å². The van der Waals surface area contributed by atoms with Crippen LogP contribution in [0.5, 0.6) is 0 Å². The van der Waals surface area contributed by atoms with Crippen LogP contribution in [0.4, 0.5) is 0 Å². The molecular weight excluding hydrogens is 204 g/mol. The predicted octanol–water partition coefficient (Wildman–Crippen LogP) is 3.30. The van der Waals surface area contributed by atoms with E-state index in [0.29, 0.717) is 19.6 Å². The largest absolute Gasteiger partial charge is 0.466 e. The van der Waals surface area contributed by atoms with Gasteiger partial charge in [0.2, 0.25) is 0 Å². The molecule has 0 amide bonds. The Morgan fingerprint density at radius 2 is 1.62 bits per heavy atom. The van der Waals surface area contributed by atoms with Crippen molar-refractivity contribution < 1.29 is 14.6 Å². The third-order valence-electron chi connectivity index (χ3n) is 2.05. The Hall–Kier alpha value is -0.570. The molecular formula is C13H28O3. The van der Waals surface area contributed by atoms with Crippen LogP contribution in [0.2, 0.25) is 0 Å². The normalized spacial score (nSPS) is 9.25. The average Bonchev–Trinajstić information content (AvgIpc) is 2.28. The summed E-state index contributed by atoms with van der Waals surface area (Å²) in [5.41, 5.74) is 0. The lowest BCUT2D eigenvalue weighted by Crippen LogP contribution is -2.02. The summed E-state index contributed by atoms with van der Waals surface area (Å²) in [5.74, 6) is -0.0700. The van der Waals surface area contributed by atoms with Crippen molar-refractivity contribution in [1.82, 2.24) is 0 Å². The second kappa shape index (κ2) is 16.8. The second-order valence-electron chi connectivity index (χ2n) is 3.69. The second-order valence-corrected chi connectivity index (χ2v) is 3.69. The van der Waals surface area contributed by atoms with Gasteiger partial charge in [-0.15, -0.1) is 0 Å². The van der Waals surface area contributed by atoms with Crippen LogP contribution in [0.25, 0.3) is 0 Å². The smallest absolute Gasteiger partial charge is 0.305 e. The molecule has 0 aliphatic rings. The first-order valence-corrected chi connectivity index (χ1v) is 6.49. The number of esters is 1. The monoisotopic (exact) mass is 232 g/mol. The molecule has 0 fully saturated rings. The van der Waals surface area contributed by atoms with Gasteiger partial charge in [-0.25, -0.2) is 0 Å². The van der Waals surface area contributed by atoms with Crippen LogP contribution in [0.1, 0.15) is 65.7 Å². The highest BCUT2D eigenvalue weighted by Crippen LogP contribution is 1.96. The zero-order valence-corrected chi connectivity index (χ0v) is 11.1. The van der Waals surface area contributed by atoms with Gasteiger partial charge in [-0.05, 0) is 19.8 Å². The Bertz CT molecular complexity index is 131. The van der Waals surface area contributed by atoms with E-state index in [1.807, 2.05) is 6.92 Å². The van der Waals surface area contributed by atoms with Gasteiger partial charge in [0.1, 0.15) is 0 Å². The van der Waals surface area contributed by atoms with Crippen molar-refractivity contribution >= 4 is 5.97 Å². The highest BCUT2D eigenvalue weighted by atomic mass is 16.5. The number of aliphatic hydroxyl groups excluding tert-OH is 1. The summed E-state index contributed by atoms with van der Waals surface area (Å²) in [6.07, 6.45) is 7.25. The number of rotatable bonds is 8. The quantitative estimate of drug-likeness (QED) is 0.516. The Morgan fingerprint density at radius 1 is 1.00 bits per heavy atom. The van der Waals surface area contributed by atoms with Crippen molar-refractivity contribution in [1.29, 1.82) is 0 Å². The van der Waals surface area contributed by atoms with E-state index in [9.17, 15) is 4.79 Å². The summed E-state index contributed by atoms with van der Waals surface area (Å²) in [5, 5.41) is 8.29. The number of ether oxygens (including phenoxy) is 1.